The second kappa shape index (κ2) is 2.41. The Morgan fingerprint density at radius 1 is 1.57 bits per heavy atom. The fourth-order valence-corrected chi connectivity index (χ4v) is 0.129. The highest BCUT2D eigenvalue weighted by Crippen LogP contribution is 1.48. The van der Waals surface area contributed by atoms with E-state index in [1.807, 2.05) is 0 Å². The summed E-state index contributed by atoms with van der Waals surface area (Å²) in [6.45, 7) is 0. The van der Waals surface area contributed by atoms with Gasteiger partial charge >= 0.3 is 5.96 Å². The van der Waals surface area contributed by atoms with Crippen molar-refractivity contribution in [3.05, 3.63) is 0 Å². The molecule has 0 amide bonds. The molecule has 0 heterocycles. The highest BCUT2D eigenvalue weighted by Gasteiger charge is 1.90. The second-order valence-electron chi connectivity index (χ2n) is 1.42. The van der Waals surface area contributed by atoms with Crippen molar-refractivity contribution >= 4 is 5.96 Å². The molecule has 42 valence electrons. The van der Waals surface area contributed by atoms with Crippen LogP contribution in [0.1, 0.15) is 0 Å². The lowest BCUT2D eigenvalue weighted by atomic mass is 10.9. The minimum Gasteiger partial charge on any atom is -0.289 e. The van der Waals surface area contributed by atoms with Gasteiger partial charge in [-0.25, -0.2) is 5.43 Å². The summed E-state index contributed by atoms with van der Waals surface area (Å²) in [5.74, 6) is 5.38. The van der Waals surface area contributed by atoms with Crippen molar-refractivity contribution in [1.82, 2.24) is 5.43 Å². The summed E-state index contributed by atoms with van der Waals surface area (Å²) in [5, 5.41) is 0. The monoisotopic (exact) mass is 103 g/mol. The van der Waals surface area contributed by atoms with E-state index in [0.717, 1.165) is 0 Å². The number of hydrogen-bond donors (Lipinski definition) is 3. The van der Waals surface area contributed by atoms with Crippen LogP contribution in [0.25, 0.3) is 0 Å². The van der Waals surface area contributed by atoms with Gasteiger partial charge in [0.15, 0.2) is 0 Å². The third-order valence-electron chi connectivity index (χ3n) is 0.630. The number of hydrogen-bond acceptors (Lipinski definition) is 1. The van der Waals surface area contributed by atoms with Crippen LogP contribution in [0.2, 0.25) is 0 Å². The van der Waals surface area contributed by atoms with Gasteiger partial charge in [-0.3, -0.25) is 10.3 Å². The smallest absolute Gasteiger partial charge is 0.289 e. The first-order valence-corrected chi connectivity index (χ1v) is 1.95. The summed E-state index contributed by atoms with van der Waals surface area (Å²) in [4.78, 5) is 0. The predicted octanol–water partition coefficient (Wildman–Crippen LogP) is -1.96. The topological polar surface area (TPSA) is 67.1 Å². The molecule has 0 aliphatic rings. The van der Waals surface area contributed by atoms with E-state index in [-0.39, 0.29) is 0 Å². The third-order valence-corrected chi connectivity index (χ3v) is 0.630. The lowest BCUT2D eigenvalue weighted by molar-refractivity contribution is -0.467. The quantitative estimate of drug-likeness (QED) is 0.110. The lowest BCUT2D eigenvalue weighted by Crippen LogP contribution is -2.42. The van der Waals surface area contributed by atoms with E-state index in [4.69, 9.17) is 11.6 Å². The summed E-state index contributed by atoms with van der Waals surface area (Å²) in [7, 11) is 3.60. The molecule has 0 saturated heterocycles. The van der Waals surface area contributed by atoms with Gasteiger partial charge in [0.2, 0.25) is 0 Å². The molecule has 0 saturated carbocycles. The fraction of sp³-hybridized carbons (Fsp3) is 0.667. The molecule has 4 heteroatoms. The molecule has 0 aromatic rings. The molecule has 0 atom stereocenters. The summed E-state index contributed by atoms with van der Waals surface area (Å²) in [5.41, 5.74) is 7.51. The maximum Gasteiger partial charge on any atom is 0.359 e. The molecule has 0 aromatic carbocycles. The van der Waals surface area contributed by atoms with Gasteiger partial charge in [0.1, 0.15) is 0 Å². The molecule has 0 unspecified atom stereocenters. The summed E-state index contributed by atoms with van der Waals surface area (Å²) < 4.78 is 1.68. The van der Waals surface area contributed by atoms with Crippen LogP contribution in [0.5, 0.6) is 0 Å². The third kappa shape index (κ3) is 1.99. The number of hydrazine groups is 1. The van der Waals surface area contributed by atoms with Crippen LogP contribution >= 0.6 is 0 Å². The molecule has 0 radical (unpaired) electrons. The molecule has 0 spiro atoms. The Bertz CT molecular complexity index is 80.9. The Morgan fingerprint density at radius 3 is 2.00 bits per heavy atom. The van der Waals surface area contributed by atoms with Gasteiger partial charge in [-0.15, -0.1) is 0 Å². The molecule has 0 aliphatic heterocycles. The summed E-state index contributed by atoms with van der Waals surface area (Å²) in [6, 6.07) is 0. The van der Waals surface area contributed by atoms with E-state index in [1.54, 1.807) is 18.7 Å². The maximum atomic E-state index is 5.22. The van der Waals surface area contributed by atoms with Crippen LogP contribution in [0.3, 0.4) is 0 Å². The first-order chi connectivity index (χ1) is 3.18. The van der Waals surface area contributed by atoms with Crippen LogP contribution in [-0.4, -0.2) is 24.6 Å². The van der Waals surface area contributed by atoms with Gasteiger partial charge in [0.05, 0.1) is 14.1 Å². The molecule has 4 nitrogen and oxygen atoms in total. The van der Waals surface area contributed by atoms with Crippen molar-refractivity contribution < 1.29 is 4.58 Å². The van der Waals surface area contributed by atoms with Gasteiger partial charge < -0.3 is 0 Å². The van der Waals surface area contributed by atoms with Gasteiger partial charge in [-0.2, -0.15) is 5.84 Å². The van der Waals surface area contributed by atoms with Crippen LogP contribution in [0.4, 0.5) is 0 Å². The maximum absolute atomic E-state index is 5.22. The number of nitrogens with zero attached hydrogens (tertiary/aromatic N) is 1. The molecule has 5 N–H and O–H groups in total. The summed E-state index contributed by atoms with van der Waals surface area (Å²) >= 11 is 0. The first-order valence-electron chi connectivity index (χ1n) is 1.95. The lowest BCUT2D eigenvalue weighted by Gasteiger charge is -1.92. The van der Waals surface area contributed by atoms with E-state index in [0.29, 0.717) is 5.96 Å². The second-order valence-corrected chi connectivity index (χ2v) is 1.42. The molecule has 0 rings (SSSR count). The Labute approximate surface area is 42.8 Å². The van der Waals surface area contributed by atoms with E-state index in [9.17, 15) is 0 Å². The van der Waals surface area contributed by atoms with Crippen LogP contribution in [0, 0.1) is 0 Å². The standard InChI is InChI=1S/C3H10N4/c1-7(2)3(4)6-5/h5H2,1-2H3,(H2,4,6)/p+1. The van der Waals surface area contributed by atoms with Crippen molar-refractivity contribution in [3.63, 3.8) is 0 Å². The molecular weight excluding hydrogens is 92.1 g/mol. The molecule has 0 aliphatic carbocycles. The zero-order valence-corrected chi connectivity index (χ0v) is 4.60. The van der Waals surface area contributed by atoms with E-state index in [2.05, 4.69) is 5.43 Å². The van der Waals surface area contributed by atoms with E-state index in [1.165, 1.54) is 0 Å². The van der Waals surface area contributed by atoms with Gasteiger partial charge in [-0.05, 0) is 0 Å². The normalized spacial score (nSPS) is 7.86. The van der Waals surface area contributed by atoms with Gasteiger partial charge in [-0.1, -0.05) is 0 Å². The van der Waals surface area contributed by atoms with Crippen molar-refractivity contribution in [2.75, 3.05) is 14.1 Å². The average Bonchev–Trinajstić information content (AvgIpc) is 1.65. The number of rotatable bonds is 0. The molecular formula is C3H11N4+. The van der Waals surface area contributed by atoms with Crippen LogP contribution < -0.4 is 17.0 Å². The molecule has 0 aromatic heterocycles. The van der Waals surface area contributed by atoms with Gasteiger partial charge in [0.25, 0.3) is 0 Å². The van der Waals surface area contributed by atoms with Crippen molar-refractivity contribution in [2.45, 2.75) is 0 Å². The van der Waals surface area contributed by atoms with Crippen molar-refractivity contribution in [3.8, 4) is 0 Å². The minimum atomic E-state index is 0.458. The SMILES string of the molecule is C[N+](C)=C(N)NN. The number of nitrogens with one attached hydrogen (secondary N) is 1. The van der Waals surface area contributed by atoms with Crippen LogP contribution in [0.15, 0.2) is 0 Å². The molecule has 0 fully saturated rings. The molecule has 7 heavy (non-hydrogen) atoms. The predicted molar refractivity (Wildman–Crippen MR) is 28.6 cm³/mol. The highest BCUT2D eigenvalue weighted by molar-refractivity contribution is 5.71. The Hall–Kier alpha value is -0.770. The molecule has 0 bridgehead atoms. The number of nitrogens with two attached hydrogens (primary N) is 2. The number of guanidine groups is 1. The summed E-state index contributed by atoms with van der Waals surface area (Å²) in [6.07, 6.45) is 0. The zero-order valence-electron chi connectivity index (χ0n) is 4.60. The zero-order chi connectivity index (χ0) is 5.86. The van der Waals surface area contributed by atoms with E-state index < -0.39 is 0 Å². The largest absolute Gasteiger partial charge is 0.359 e. The minimum absolute atomic E-state index is 0.458. The first kappa shape index (κ1) is 6.23. The fourth-order valence-electron chi connectivity index (χ4n) is 0.129. The van der Waals surface area contributed by atoms with Gasteiger partial charge in [0, 0.05) is 0 Å². The average molecular weight is 103 g/mol. The Kier molecular flexibility index (Phi) is 2.15. The van der Waals surface area contributed by atoms with Crippen LogP contribution in [-0.2, 0) is 0 Å². The van der Waals surface area contributed by atoms with E-state index >= 15 is 0 Å². The Morgan fingerprint density at radius 2 is 2.00 bits per heavy atom. The van der Waals surface area contributed by atoms with Crippen molar-refractivity contribution in [1.29, 1.82) is 0 Å². The highest BCUT2D eigenvalue weighted by atomic mass is 15.3. The van der Waals surface area contributed by atoms with Crippen molar-refractivity contribution in [2.24, 2.45) is 11.6 Å². The Balaban J connectivity index is 3.72.